The first-order valence-corrected chi connectivity index (χ1v) is 5.42. The first-order chi connectivity index (χ1) is 6.68. The summed E-state index contributed by atoms with van der Waals surface area (Å²) in [4.78, 5) is 16.0. The zero-order valence-corrected chi connectivity index (χ0v) is 8.99. The molecule has 2 rings (SSSR count). The highest BCUT2D eigenvalue weighted by molar-refractivity contribution is 5.79. The van der Waals surface area contributed by atoms with Crippen molar-refractivity contribution in [2.45, 2.75) is 25.9 Å². The molecule has 2 aliphatic rings. The van der Waals surface area contributed by atoms with Gasteiger partial charge in [-0.3, -0.25) is 9.69 Å². The van der Waals surface area contributed by atoms with E-state index in [-0.39, 0.29) is 5.91 Å². The molecule has 0 saturated carbocycles. The Balaban J connectivity index is 1.99. The minimum Gasteiger partial charge on any atom is -0.335 e. The summed E-state index contributed by atoms with van der Waals surface area (Å²) < 4.78 is 0. The van der Waals surface area contributed by atoms with Gasteiger partial charge in [0.15, 0.2) is 0 Å². The molecule has 0 aromatic rings. The Kier molecular flexibility index (Phi) is 2.74. The van der Waals surface area contributed by atoms with Gasteiger partial charge in [-0.2, -0.15) is 0 Å². The fourth-order valence-electron chi connectivity index (χ4n) is 2.30. The van der Waals surface area contributed by atoms with Crippen LogP contribution in [0.2, 0.25) is 0 Å². The van der Waals surface area contributed by atoms with Gasteiger partial charge in [0.2, 0.25) is 5.91 Å². The van der Waals surface area contributed by atoms with Crippen LogP contribution in [0.15, 0.2) is 0 Å². The van der Waals surface area contributed by atoms with E-state index in [4.69, 9.17) is 0 Å². The Labute approximate surface area is 85.2 Å². The minimum absolute atomic E-state index is 0.268. The number of fused-ring (bicyclic) bond motifs is 1. The topological polar surface area (TPSA) is 35.6 Å². The lowest BCUT2D eigenvalue weighted by Gasteiger charge is -2.45. The van der Waals surface area contributed by atoms with E-state index in [2.05, 4.69) is 24.1 Å². The highest BCUT2D eigenvalue weighted by Crippen LogP contribution is 2.14. The number of hydrogen-bond acceptors (Lipinski definition) is 3. The van der Waals surface area contributed by atoms with Crippen LogP contribution >= 0.6 is 0 Å². The lowest BCUT2D eigenvalue weighted by atomic mass is 10.1. The van der Waals surface area contributed by atoms with E-state index < -0.39 is 0 Å². The molecule has 0 aromatic carbocycles. The summed E-state index contributed by atoms with van der Waals surface area (Å²) in [5.74, 6) is 0.268. The van der Waals surface area contributed by atoms with Gasteiger partial charge in [-0.15, -0.1) is 0 Å². The lowest BCUT2D eigenvalue weighted by Crippen LogP contribution is -2.64. The second-order valence-corrected chi connectivity index (χ2v) is 4.46. The van der Waals surface area contributed by atoms with Crippen LogP contribution in [-0.4, -0.2) is 60.5 Å². The van der Waals surface area contributed by atoms with E-state index >= 15 is 0 Å². The molecule has 80 valence electrons. The summed E-state index contributed by atoms with van der Waals surface area (Å²) in [5.41, 5.74) is 0. The normalized spacial score (nSPS) is 29.5. The third-order valence-electron chi connectivity index (χ3n) is 3.22. The van der Waals surface area contributed by atoms with Crippen molar-refractivity contribution >= 4 is 5.91 Å². The largest absolute Gasteiger partial charge is 0.335 e. The molecule has 14 heavy (non-hydrogen) atoms. The molecule has 1 atom stereocenters. The standard InChI is InChI=1S/C10H19N3O/c1-8(2)12-3-4-13-9(7-12)5-11-6-10(13)14/h8-9,11H,3-7H2,1-2H3. The van der Waals surface area contributed by atoms with Gasteiger partial charge >= 0.3 is 0 Å². The van der Waals surface area contributed by atoms with Crippen LogP contribution < -0.4 is 5.32 Å². The minimum atomic E-state index is 0.268. The molecule has 0 aromatic heterocycles. The average molecular weight is 197 g/mol. The number of carbonyl (C=O) groups is 1. The Morgan fingerprint density at radius 1 is 1.43 bits per heavy atom. The Bertz CT molecular complexity index is 229. The average Bonchev–Trinajstić information content (AvgIpc) is 2.17. The van der Waals surface area contributed by atoms with Crippen molar-refractivity contribution in [2.24, 2.45) is 0 Å². The summed E-state index contributed by atoms with van der Waals surface area (Å²) in [7, 11) is 0. The molecule has 0 aliphatic carbocycles. The van der Waals surface area contributed by atoms with E-state index in [0.29, 0.717) is 18.6 Å². The first-order valence-electron chi connectivity index (χ1n) is 5.42. The predicted octanol–water partition coefficient (Wildman–Crippen LogP) is -0.489. The van der Waals surface area contributed by atoms with Crippen LogP contribution in [-0.2, 0) is 4.79 Å². The zero-order valence-electron chi connectivity index (χ0n) is 8.99. The highest BCUT2D eigenvalue weighted by Gasteiger charge is 2.33. The maximum Gasteiger partial charge on any atom is 0.236 e. The van der Waals surface area contributed by atoms with Crippen molar-refractivity contribution < 1.29 is 4.79 Å². The van der Waals surface area contributed by atoms with Gasteiger partial charge in [0.25, 0.3) is 0 Å². The van der Waals surface area contributed by atoms with Crippen molar-refractivity contribution in [3.8, 4) is 0 Å². The van der Waals surface area contributed by atoms with Gasteiger partial charge in [0.1, 0.15) is 0 Å². The van der Waals surface area contributed by atoms with E-state index in [9.17, 15) is 4.79 Å². The lowest BCUT2D eigenvalue weighted by molar-refractivity contribution is -0.138. The number of piperazine rings is 2. The van der Waals surface area contributed by atoms with E-state index in [1.807, 2.05) is 4.90 Å². The number of nitrogens with one attached hydrogen (secondary N) is 1. The summed E-state index contributed by atoms with van der Waals surface area (Å²) in [5, 5.41) is 3.18. The molecule has 4 heteroatoms. The number of hydrogen-bond donors (Lipinski definition) is 1. The van der Waals surface area contributed by atoms with Crippen LogP contribution in [0.1, 0.15) is 13.8 Å². The molecular weight excluding hydrogens is 178 g/mol. The fraction of sp³-hybridized carbons (Fsp3) is 0.900. The Morgan fingerprint density at radius 2 is 2.21 bits per heavy atom. The van der Waals surface area contributed by atoms with Gasteiger partial charge in [0, 0.05) is 32.2 Å². The third-order valence-corrected chi connectivity index (χ3v) is 3.22. The molecule has 2 fully saturated rings. The molecule has 1 unspecified atom stereocenters. The van der Waals surface area contributed by atoms with Gasteiger partial charge in [0.05, 0.1) is 12.6 Å². The fourth-order valence-corrected chi connectivity index (χ4v) is 2.30. The zero-order chi connectivity index (χ0) is 10.1. The van der Waals surface area contributed by atoms with Crippen molar-refractivity contribution in [1.82, 2.24) is 15.1 Å². The highest BCUT2D eigenvalue weighted by atomic mass is 16.2. The van der Waals surface area contributed by atoms with Crippen LogP contribution in [0, 0.1) is 0 Å². The summed E-state index contributed by atoms with van der Waals surface area (Å²) >= 11 is 0. The quantitative estimate of drug-likeness (QED) is 0.616. The number of rotatable bonds is 1. The SMILES string of the molecule is CC(C)N1CCN2C(=O)CNCC2C1. The van der Waals surface area contributed by atoms with Gasteiger partial charge in [-0.05, 0) is 13.8 Å². The van der Waals surface area contributed by atoms with Crippen molar-refractivity contribution in [1.29, 1.82) is 0 Å². The molecular formula is C10H19N3O. The second kappa shape index (κ2) is 3.87. The molecule has 4 nitrogen and oxygen atoms in total. The predicted molar refractivity (Wildman–Crippen MR) is 55.1 cm³/mol. The molecule has 0 bridgehead atoms. The van der Waals surface area contributed by atoms with Crippen molar-refractivity contribution in [2.75, 3.05) is 32.7 Å². The van der Waals surface area contributed by atoms with Crippen LogP contribution in [0.5, 0.6) is 0 Å². The van der Waals surface area contributed by atoms with Gasteiger partial charge in [-0.25, -0.2) is 0 Å². The first kappa shape index (κ1) is 9.93. The maximum absolute atomic E-state index is 11.5. The van der Waals surface area contributed by atoms with Crippen LogP contribution in [0.25, 0.3) is 0 Å². The third kappa shape index (κ3) is 1.77. The maximum atomic E-state index is 11.5. The van der Waals surface area contributed by atoms with Crippen molar-refractivity contribution in [3.63, 3.8) is 0 Å². The molecule has 2 saturated heterocycles. The molecule has 2 aliphatic heterocycles. The second-order valence-electron chi connectivity index (χ2n) is 4.46. The number of nitrogens with zero attached hydrogens (tertiary/aromatic N) is 2. The molecule has 0 spiro atoms. The van der Waals surface area contributed by atoms with Crippen LogP contribution in [0.4, 0.5) is 0 Å². The van der Waals surface area contributed by atoms with Crippen molar-refractivity contribution in [3.05, 3.63) is 0 Å². The van der Waals surface area contributed by atoms with E-state index in [0.717, 1.165) is 26.2 Å². The molecule has 1 amide bonds. The summed E-state index contributed by atoms with van der Waals surface area (Å²) in [6.45, 7) is 8.87. The molecule has 1 N–H and O–H groups in total. The smallest absolute Gasteiger partial charge is 0.236 e. The monoisotopic (exact) mass is 197 g/mol. The summed E-state index contributed by atoms with van der Waals surface area (Å²) in [6, 6.07) is 0.988. The van der Waals surface area contributed by atoms with Gasteiger partial charge in [-0.1, -0.05) is 0 Å². The van der Waals surface area contributed by atoms with Crippen LogP contribution in [0.3, 0.4) is 0 Å². The number of amides is 1. The molecule has 2 heterocycles. The number of carbonyl (C=O) groups excluding carboxylic acids is 1. The Hall–Kier alpha value is -0.610. The molecule has 0 radical (unpaired) electrons. The van der Waals surface area contributed by atoms with Gasteiger partial charge < -0.3 is 10.2 Å². The van der Waals surface area contributed by atoms with E-state index in [1.165, 1.54) is 0 Å². The summed E-state index contributed by atoms with van der Waals surface area (Å²) in [6.07, 6.45) is 0. The van der Waals surface area contributed by atoms with E-state index in [1.54, 1.807) is 0 Å². The Morgan fingerprint density at radius 3 is 2.93 bits per heavy atom.